The third kappa shape index (κ3) is 7.97. The van der Waals surface area contributed by atoms with Gasteiger partial charge in [-0.3, -0.25) is 14.5 Å². The highest BCUT2D eigenvalue weighted by Crippen LogP contribution is 2.29. The number of rotatable bonds is 12. The third-order valence-electron chi connectivity index (χ3n) is 7.95. The number of methoxy groups -OCH3 is 1. The lowest BCUT2D eigenvalue weighted by molar-refractivity contribution is -0.124. The van der Waals surface area contributed by atoms with Gasteiger partial charge in [-0.1, -0.05) is 5.57 Å². The summed E-state index contributed by atoms with van der Waals surface area (Å²) in [6.07, 6.45) is 5.90. The summed E-state index contributed by atoms with van der Waals surface area (Å²) in [6.45, 7) is 9.99. The van der Waals surface area contributed by atoms with Crippen LogP contribution in [0.1, 0.15) is 56.6 Å². The number of sulfonamides is 1. The van der Waals surface area contributed by atoms with Crippen molar-refractivity contribution in [1.82, 2.24) is 14.1 Å². The van der Waals surface area contributed by atoms with E-state index in [0.29, 0.717) is 28.8 Å². The van der Waals surface area contributed by atoms with E-state index in [1.54, 1.807) is 32.1 Å². The molecule has 0 radical (unpaired) electrons. The van der Waals surface area contributed by atoms with Crippen molar-refractivity contribution in [2.45, 2.75) is 70.2 Å². The van der Waals surface area contributed by atoms with Crippen molar-refractivity contribution >= 4 is 21.6 Å². The molecule has 2 aliphatic rings. The van der Waals surface area contributed by atoms with E-state index in [1.807, 2.05) is 6.92 Å². The van der Waals surface area contributed by atoms with Crippen LogP contribution in [0.2, 0.25) is 0 Å². The summed E-state index contributed by atoms with van der Waals surface area (Å²) in [5.41, 5.74) is 2.20. The summed E-state index contributed by atoms with van der Waals surface area (Å²) in [6, 6.07) is 4.05. The molecule has 9 heteroatoms. The number of ketones is 2. The van der Waals surface area contributed by atoms with Crippen LogP contribution in [0, 0.1) is 19.8 Å². The second kappa shape index (κ2) is 13.3. The van der Waals surface area contributed by atoms with Gasteiger partial charge in [0.25, 0.3) is 0 Å². The van der Waals surface area contributed by atoms with Crippen LogP contribution < -0.4 is 4.74 Å². The largest absolute Gasteiger partial charge is 0.497 e. The molecule has 8 nitrogen and oxygen atoms in total. The van der Waals surface area contributed by atoms with Crippen LogP contribution in [-0.2, 0) is 19.6 Å². The first kappa shape index (κ1) is 30.5. The number of nitrogens with zero attached hydrogens (tertiary/aromatic N) is 3. The quantitative estimate of drug-likeness (QED) is 0.292. The lowest BCUT2D eigenvalue weighted by atomic mass is 9.97. The van der Waals surface area contributed by atoms with Crippen LogP contribution in [0.4, 0.5) is 0 Å². The van der Waals surface area contributed by atoms with Crippen molar-refractivity contribution in [2.75, 3.05) is 53.9 Å². The Balaban J connectivity index is 1.46. The fraction of sp³-hybridized carbons (Fsp3) is 0.655. The molecule has 2 saturated heterocycles. The van der Waals surface area contributed by atoms with Crippen LogP contribution in [0.3, 0.4) is 0 Å². The highest BCUT2D eigenvalue weighted by Gasteiger charge is 2.30. The lowest BCUT2D eigenvalue weighted by Crippen LogP contribution is -2.42. The topological polar surface area (TPSA) is 87.2 Å². The summed E-state index contributed by atoms with van der Waals surface area (Å²) in [5.74, 6) is 0.697. The monoisotopic (exact) mass is 547 g/mol. The van der Waals surface area contributed by atoms with Gasteiger partial charge in [-0.05, 0) is 108 Å². The smallest absolute Gasteiger partial charge is 0.243 e. The molecule has 0 unspecified atom stereocenters. The Morgan fingerprint density at radius 3 is 2.34 bits per heavy atom. The molecule has 2 heterocycles. The molecule has 1 atom stereocenters. The van der Waals surface area contributed by atoms with Crippen molar-refractivity contribution in [1.29, 1.82) is 0 Å². The molecule has 0 amide bonds. The second-order valence-electron chi connectivity index (χ2n) is 11.2. The summed E-state index contributed by atoms with van der Waals surface area (Å²) in [7, 11) is 1.41. The molecule has 38 heavy (non-hydrogen) atoms. The van der Waals surface area contributed by atoms with Crippen LogP contribution in [0.25, 0.3) is 0 Å². The Kier molecular flexibility index (Phi) is 10.7. The second-order valence-corrected chi connectivity index (χ2v) is 13.2. The predicted molar refractivity (Wildman–Crippen MR) is 150 cm³/mol. The van der Waals surface area contributed by atoms with Crippen molar-refractivity contribution in [3.63, 3.8) is 0 Å². The molecule has 3 rings (SSSR count). The van der Waals surface area contributed by atoms with E-state index in [1.165, 1.54) is 31.3 Å². The average molecular weight is 548 g/mol. The van der Waals surface area contributed by atoms with Crippen LogP contribution in [-0.4, -0.2) is 94.1 Å². The summed E-state index contributed by atoms with van der Waals surface area (Å²) >= 11 is 0. The van der Waals surface area contributed by atoms with Crippen molar-refractivity contribution in [3.05, 3.63) is 34.9 Å². The SMILES string of the molecule is COc1cc(C)c(S(=O)(=O)N(C)CCC(=O)CC(=O)/C=C(\C)C[C@@H]2CCN(C3CCN(C)CC3)C2)c(C)c1. The van der Waals surface area contributed by atoms with Gasteiger partial charge in [0.1, 0.15) is 11.5 Å². The van der Waals surface area contributed by atoms with Crippen LogP contribution >= 0.6 is 0 Å². The molecule has 2 fully saturated rings. The molecule has 0 saturated carbocycles. The molecule has 1 aromatic carbocycles. The van der Waals surface area contributed by atoms with Gasteiger partial charge in [-0.2, -0.15) is 0 Å². The Morgan fingerprint density at radius 1 is 1.11 bits per heavy atom. The van der Waals surface area contributed by atoms with Gasteiger partial charge in [-0.25, -0.2) is 12.7 Å². The highest BCUT2D eigenvalue weighted by atomic mass is 32.2. The van der Waals surface area contributed by atoms with Gasteiger partial charge in [-0.15, -0.1) is 0 Å². The van der Waals surface area contributed by atoms with Crippen LogP contribution in [0.15, 0.2) is 28.7 Å². The number of benzene rings is 1. The molecule has 212 valence electrons. The van der Waals surface area contributed by atoms with Gasteiger partial charge in [0.15, 0.2) is 5.78 Å². The van der Waals surface area contributed by atoms with E-state index in [4.69, 9.17) is 4.74 Å². The number of ether oxygens (including phenoxy) is 1. The number of allylic oxidation sites excluding steroid dienone is 2. The number of carbonyl (C=O) groups is 2. The molecule has 0 aromatic heterocycles. The first-order valence-corrected chi connectivity index (χ1v) is 15.1. The van der Waals surface area contributed by atoms with E-state index < -0.39 is 10.0 Å². The van der Waals surface area contributed by atoms with E-state index in [9.17, 15) is 18.0 Å². The van der Waals surface area contributed by atoms with E-state index in [-0.39, 0.29) is 35.8 Å². The molecule has 0 bridgehead atoms. The first-order valence-electron chi connectivity index (χ1n) is 13.7. The van der Waals surface area contributed by atoms with Gasteiger partial charge >= 0.3 is 0 Å². The molecular weight excluding hydrogens is 502 g/mol. The maximum absolute atomic E-state index is 13.1. The summed E-state index contributed by atoms with van der Waals surface area (Å²) < 4.78 is 32.7. The first-order chi connectivity index (χ1) is 17.9. The number of Topliss-reactive ketones (excluding diaryl/α,β-unsaturated/α-hetero) is 1. The predicted octanol–water partition coefficient (Wildman–Crippen LogP) is 3.60. The number of likely N-dealkylation sites (tertiary alicyclic amines) is 2. The number of piperidine rings is 1. The zero-order valence-electron chi connectivity index (χ0n) is 24.0. The Bertz CT molecular complexity index is 1120. The van der Waals surface area contributed by atoms with Gasteiger partial charge in [0.05, 0.1) is 18.4 Å². The van der Waals surface area contributed by atoms with Gasteiger partial charge in [0, 0.05) is 32.6 Å². The van der Waals surface area contributed by atoms with Gasteiger partial charge < -0.3 is 9.64 Å². The Morgan fingerprint density at radius 2 is 1.74 bits per heavy atom. The number of hydrogen-bond donors (Lipinski definition) is 0. The van der Waals surface area contributed by atoms with E-state index >= 15 is 0 Å². The number of hydrogen-bond acceptors (Lipinski definition) is 7. The average Bonchev–Trinajstić information content (AvgIpc) is 3.30. The van der Waals surface area contributed by atoms with E-state index in [2.05, 4.69) is 16.8 Å². The van der Waals surface area contributed by atoms with Crippen molar-refractivity contribution in [2.24, 2.45) is 5.92 Å². The highest BCUT2D eigenvalue weighted by molar-refractivity contribution is 7.89. The molecule has 0 N–H and O–H groups in total. The number of carbonyl (C=O) groups excluding carboxylic acids is 2. The van der Waals surface area contributed by atoms with Gasteiger partial charge in [0.2, 0.25) is 10.0 Å². The minimum absolute atomic E-state index is 0.00320. The zero-order chi connectivity index (χ0) is 28.0. The van der Waals surface area contributed by atoms with Crippen molar-refractivity contribution < 1.29 is 22.7 Å². The normalized spacial score (nSPS) is 20.3. The fourth-order valence-corrected chi connectivity index (χ4v) is 7.41. The summed E-state index contributed by atoms with van der Waals surface area (Å²) in [5, 5.41) is 0. The molecular formula is C29H45N3O5S. The fourth-order valence-electron chi connectivity index (χ4n) is 5.84. The minimum atomic E-state index is -3.78. The van der Waals surface area contributed by atoms with Crippen LogP contribution in [0.5, 0.6) is 5.75 Å². The number of aryl methyl sites for hydroxylation is 2. The molecule has 0 aliphatic carbocycles. The molecule has 0 spiro atoms. The summed E-state index contributed by atoms with van der Waals surface area (Å²) in [4.78, 5) is 30.3. The molecule has 2 aliphatic heterocycles. The Labute approximate surface area is 229 Å². The lowest BCUT2D eigenvalue weighted by Gasteiger charge is -2.35. The standard InChI is InChI=1S/C29H45N3O5S/c1-21(15-24-7-14-32(20-24)25-8-11-30(4)12-9-25)16-27(34)19-26(33)10-13-31(5)38(35,36)29-22(2)17-28(37-6)18-23(29)3/h16-18,24-25H,7-15,19-20H2,1-6H3/b21-16+/t24-/m0/s1. The maximum atomic E-state index is 13.1. The minimum Gasteiger partial charge on any atom is -0.497 e. The Hall–Kier alpha value is -2.07. The third-order valence-corrected chi connectivity index (χ3v) is 10.1. The molecule has 1 aromatic rings. The zero-order valence-corrected chi connectivity index (χ0v) is 24.8. The van der Waals surface area contributed by atoms with E-state index in [0.717, 1.165) is 44.6 Å². The maximum Gasteiger partial charge on any atom is 0.243 e. The van der Waals surface area contributed by atoms with Crippen molar-refractivity contribution in [3.8, 4) is 5.75 Å².